The summed E-state index contributed by atoms with van der Waals surface area (Å²) in [6.07, 6.45) is 0. The van der Waals surface area contributed by atoms with Gasteiger partial charge >= 0.3 is 0 Å². The lowest BCUT2D eigenvalue weighted by Gasteiger charge is -2.36. The molecular formula is C35H37ClN4O4S. The van der Waals surface area contributed by atoms with Crippen LogP contribution in [-0.4, -0.2) is 79.2 Å². The first kappa shape index (κ1) is 31.0. The topological polar surface area (TPSA) is 89.3 Å². The lowest BCUT2D eigenvalue weighted by atomic mass is 9.85. The van der Waals surface area contributed by atoms with Gasteiger partial charge in [0.15, 0.2) is 5.03 Å². The van der Waals surface area contributed by atoms with Crippen LogP contribution in [0.3, 0.4) is 0 Å². The molecule has 4 aromatic carbocycles. The molecule has 6 rings (SSSR count). The lowest BCUT2D eigenvalue weighted by molar-refractivity contribution is 0.366. The smallest absolute Gasteiger partial charge is 0.259 e. The molecule has 0 saturated carbocycles. The van der Waals surface area contributed by atoms with Crippen molar-refractivity contribution < 1.29 is 18.6 Å². The van der Waals surface area contributed by atoms with Crippen molar-refractivity contribution in [1.29, 1.82) is 0 Å². The fourth-order valence-corrected chi connectivity index (χ4v) is 8.36. The minimum absolute atomic E-state index is 0.126. The van der Waals surface area contributed by atoms with Crippen LogP contribution >= 0.6 is 11.6 Å². The summed E-state index contributed by atoms with van der Waals surface area (Å²) in [6.45, 7) is 2.76. The summed E-state index contributed by atoms with van der Waals surface area (Å²) in [5.41, 5.74) is 4.07. The molecule has 0 aliphatic carbocycles. The fourth-order valence-electron chi connectivity index (χ4n) is 6.25. The van der Waals surface area contributed by atoms with Crippen LogP contribution in [0.5, 0.6) is 11.5 Å². The molecule has 1 fully saturated rings. The van der Waals surface area contributed by atoms with E-state index in [9.17, 15) is 18.6 Å². The Morgan fingerprint density at radius 2 is 1.33 bits per heavy atom. The number of sulfonamides is 1. The molecule has 5 aromatic rings. The van der Waals surface area contributed by atoms with Gasteiger partial charge in [0.25, 0.3) is 10.0 Å². The van der Waals surface area contributed by atoms with E-state index in [0.717, 1.165) is 27.7 Å². The first-order valence-electron chi connectivity index (χ1n) is 15.0. The Morgan fingerprint density at radius 1 is 0.778 bits per heavy atom. The Morgan fingerprint density at radius 3 is 1.91 bits per heavy atom. The van der Waals surface area contributed by atoms with Crippen molar-refractivity contribution in [3.8, 4) is 11.5 Å². The summed E-state index contributed by atoms with van der Waals surface area (Å²) >= 11 is 6.49. The molecular weight excluding hydrogens is 608 g/mol. The number of hydrogen-bond donors (Lipinski definition) is 2. The van der Waals surface area contributed by atoms with Crippen LogP contribution < -0.4 is 4.90 Å². The van der Waals surface area contributed by atoms with Crippen LogP contribution in [0, 0.1) is 0 Å². The Balaban J connectivity index is 1.54. The second-order valence-corrected chi connectivity index (χ2v) is 13.9. The van der Waals surface area contributed by atoms with Crippen LogP contribution in [0.25, 0.3) is 10.9 Å². The second-order valence-electron chi connectivity index (χ2n) is 11.6. The molecule has 10 heteroatoms. The van der Waals surface area contributed by atoms with E-state index in [2.05, 4.69) is 4.90 Å². The lowest BCUT2D eigenvalue weighted by Crippen LogP contribution is -2.49. The van der Waals surface area contributed by atoms with Gasteiger partial charge in [-0.1, -0.05) is 66.2 Å². The third-order valence-electron chi connectivity index (χ3n) is 8.49. The Hall–Kier alpha value is -4.02. The highest BCUT2D eigenvalue weighted by Crippen LogP contribution is 2.43. The molecule has 0 radical (unpaired) electrons. The molecule has 1 aromatic heterocycles. The molecule has 0 atom stereocenters. The van der Waals surface area contributed by atoms with Gasteiger partial charge in [0.05, 0.1) is 10.7 Å². The van der Waals surface area contributed by atoms with Gasteiger partial charge in [0.1, 0.15) is 11.5 Å². The predicted molar refractivity (Wildman–Crippen MR) is 180 cm³/mol. The largest absolute Gasteiger partial charge is 0.508 e. The molecule has 8 nitrogen and oxygen atoms in total. The minimum atomic E-state index is -4.01. The minimum Gasteiger partial charge on any atom is -0.508 e. The quantitative estimate of drug-likeness (QED) is 0.206. The van der Waals surface area contributed by atoms with E-state index >= 15 is 0 Å². The van der Waals surface area contributed by atoms with Crippen LogP contribution in [0.2, 0.25) is 5.02 Å². The summed E-state index contributed by atoms with van der Waals surface area (Å²) in [4.78, 5) is 4.18. The number of piperazine rings is 1. The van der Waals surface area contributed by atoms with E-state index in [1.165, 1.54) is 0 Å². The summed E-state index contributed by atoms with van der Waals surface area (Å²) in [7, 11) is -0.0536. The highest BCUT2D eigenvalue weighted by Gasteiger charge is 2.38. The summed E-state index contributed by atoms with van der Waals surface area (Å²) < 4.78 is 33.5. The number of phenolic OH excluding ortho intramolecular Hbond substituents is 2. The van der Waals surface area contributed by atoms with Gasteiger partial charge in [-0.25, -0.2) is 8.42 Å². The Labute approximate surface area is 269 Å². The molecule has 0 unspecified atom stereocenters. The van der Waals surface area contributed by atoms with E-state index in [1.54, 1.807) is 28.6 Å². The number of fused-ring (bicyclic) bond motifs is 1. The van der Waals surface area contributed by atoms with E-state index in [4.69, 9.17) is 11.6 Å². The molecule has 0 bridgehead atoms. The molecule has 45 heavy (non-hydrogen) atoms. The van der Waals surface area contributed by atoms with Crippen molar-refractivity contribution in [2.75, 3.05) is 51.7 Å². The average Bonchev–Trinajstić information content (AvgIpc) is 3.37. The first-order chi connectivity index (χ1) is 21.6. The number of hydrogen-bond acceptors (Lipinski definition) is 6. The summed E-state index contributed by atoms with van der Waals surface area (Å²) in [5, 5.41) is 22.0. The normalized spacial score (nSPS) is 14.6. The summed E-state index contributed by atoms with van der Waals surface area (Å²) in [5.74, 6) is -0.243. The number of benzene rings is 4. The van der Waals surface area contributed by atoms with Crippen molar-refractivity contribution >= 4 is 38.2 Å². The van der Waals surface area contributed by atoms with Gasteiger partial charge in [0.2, 0.25) is 0 Å². The molecule has 2 N–H and O–H groups in total. The number of anilines is 1. The predicted octanol–water partition coefficient (Wildman–Crippen LogP) is 5.96. The van der Waals surface area contributed by atoms with Crippen LogP contribution in [0.4, 0.5) is 5.69 Å². The number of likely N-dealkylation sites (N-methyl/N-ethyl adjacent to an activating group) is 1. The Kier molecular flexibility index (Phi) is 8.79. The fraction of sp³-hybridized carbons (Fsp3) is 0.257. The number of aromatic hydroxyl groups is 2. The van der Waals surface area contributed by atoms with Gasteiger partial charge < -0.3 is 24.6 Å². The van der Waals surface area contributed by atoms with Gasteiger partial charge in [-0.05, 0) is 67.7 Å². The van der Waals surface area contributed by atoms with E-state index in [1.807, 2.05) is 96.4 Å². The van der Waals surface area contributed by atoms with Crippen LogP contribution in [-0.2, 0) is 16.6 Å². The summed E-state index contributed by atoms with van der Waals surface area (Å²) in [6, 6.07) is 29.3. The van der Waals surface area contributed by atoms with Crippen molar-refractivity contribution in [3.05, 3.63) is 119 Å². The number of nitrogens with zero attached hydrogens (tertiary/aromatic N) is 4. The van der Waals surface area contributed by atoms with Crippen LogP contribution in [0.15, 0.2) is 102 Å². The van der Waals surface area contributed by atoms with Crippen molar-refractivity contribution in [2.24, 2.45) is 0 Å². The molecule has 0 amide bonds. The Bertz CT molecular complexity index is 1850. The van der Waals surface area contributed by atoms with E-state index < -0.39 is 15.9 Å². The molecule has 234 valence electrons. The highest BCUT2D eigenvalue weighted by atomic mass is 35.5. The zero-order valence-electron chi connectivity index (χ0n) is 25.3. The van der Waals surface area contributed by atoms with Gasteiger partial charge in [0, 0.05) is 61.7 Å². The van der Waals surface area contributed by atoms with Crippen molar-refractivity contribution in [1.82, 2.24) is 13.8 Å². The monoisotopic (exact) mass is 644 g/mol. The molecule has 2 heterocycles. The van der Waals surface area contributed by atoms with Gasteiger partial charge in [-0.3, -0.25) is 0 Å². The first-order valence-corrected chi connectivity index (χ1v) is 16.8. The zero-order chi connectivity index (χ0) is 31.7. The molecule has 1 aliphatic rings. The average molecular weight is 645 g/mol. The second kappa shape index (κ2) is 12.8. The standard InChI is InChI=1S/C35H37ClN4O4S/c1-37(2)19-24-40-31-9-5-3-7-29(31)34(33(25-11-15-27(41)16-12-25)26-13-17-28(42)18-14-26)35(40)45(43,44)39-22-20-38(21-23-39)32-10-6-4-8-30(32)36/h3-18,33,41-42H,19-24H2,1-2H3. The number of aromatic nitrogens is 1. The van der Waals surface area contributed by atoms with Crippen molar-refractivity contribution in [2.45, 2.75) is 17.5 Å². The maximum Gasteiger partial charge on any atom is 0.259 e. The number of halogens is 1. The highest BCUT2D eigenvalue weighted by molar-refractivity contribution is 7.89. The van der Waals surface area contributed by atoms with Crippen molar-refractivity contribution in [3.63, 3.8) is 0 Å². The van der Waals surface area contributed by atoms with E-state index in [0.29, 0.717) is 49.9 Å². The molecule has 1 aliphatic heterocycles. The number of rotatable bonds is 9. The molecule has 1 saturated heterocycles. The van der Waals surface area contributed by atoms with E-state index in [-0.39, 0.29) is 16.5 Å². The zero-order valence-corrected chi connectivity index (χ0v) is 26.9. The number of para-hydroxylation sites is 2. The van der Waals surface area contributed by atoms with Gasteiger partial charge in [-0.15, -0.1) is 0 Å². The SMILES string of the molecule is CN(C)CCn1c(S(=O)(=O)N2CCN(c3ccccc3Cl)CC2)c(C(c2ccc(O)cc2)c2ccc(O)cc2)c2ccccc21. The third-order valence-corrected chi connectivity index (χ3v) is 10.8. The number of phenols is 2. The third kappa shape index (κ3) is 6.13. The maximum atomic E-state index is 15.0. The van der Waals surface area contributed by atoms with Crippen LogP contribution in [0.1, 0.15) is 22.6 Å². The maximum absolute atomic E-state index is 15.0. The van der Waals surface area contributed by atoms with Gasteiger partial charge in [-0.2, -0.15) is 4.31 Å². The molecule has 0 spiro atoms.